The van der Waals surface area contributed by atoms with Crippen molar-refractivity contribution in [1.82, 2.24) is 9.97 Å². The van der Waals surface area contributed by atoms with E-state index in [0.29, 0.717) is 35.6 Å². The van der Waals surface area contributed by atoms with Crippen molar-refractivity contribution in [3.8, 4) is 11.5 Å². The van der Waals surface area contributed by atoms with E-state index in [1.54, 1.807) is 14.2 Å². The lowest BCUT2D eigenvalue weighted by molar-refractivity contribution is -0.0513. The van der Waals surface area contributed by atoms with E-state index in [4.69, 9.17) is 30.5 Å². The molecule has 2 heterocycles. The van der Waals surface area contributed by atoms with Gasteiger partial charge in [0.25, 0.3) is 0 Å². The Hall–Kier alpha value is -2.61. The number of fused-ring (bicyclic) bond motifs is 2. The van der Waals surface area contributed by atoms with Crippen LogP contribution < -0.4 is 14.8 Å². The summed E-state index contributed by atoms with van der Waals surface area (Å²) in [7, 11) is 3.26. The Morgan fingerprint density at radius 3 is 2.39 bits per heavy atom. The van der Waals surface area contributed by atoms with Crippen molar-refractivity contribution in [2.24, 2.45) is 0 Å². The van der Waals surface area contributed by atoms with Gasteiger partial charge in [0.05, 0.1) is 18.7 Å². The van der Waals surface area contributed by atoms with Gasteiger partial charge in [0.1, 0.15) is 12.1 Å². The normalized spacial score (nSPS) is 18.2. The Kier molecular flexibility index (Phi) is 5.47. The number of benzene rings is 2. The van der Waals surface area contributed by atoms with Gasteiger partial charge in [-0.3, -0.25) is 0 Å². The standard InChI is InChI=1S/C20H20ClN3O4/c1-25-9-18-19(10-26-2)28-17-8-15-14(7-16(17)27-18)20(23-11-22-15)24-13-5-3-4-12(21)6-13/h3-8,11,18-19H,9-10H2,1-2H3,(H,22,23,24). The number of halogens is 1. The molecule has 1 aliphatic heterocycles. The van der Waals surface area contributed by atoms with Crippen molar-refractivity contribution >= 4 is 34.0 Å². The molecule has 7 nitrogen and oxygen atoms in total. The molecule has 1 aliphatic rings. The largest absolute Gasteiger partial charge is 0.480 e. The number of nitrogens with zero attached hydrogens (tertiary/aromatic N) is 2. The number of anilines is 2. The van der Waals surface area contributed by atoms with E-state index >= 15 is 0 Å². The van der Waals surface area contributed by atoms with Crippen LogP contribution in [0.4, 0.5) is 11.5 Å². The predicted molar refractivity (Wildman–Crippen MR) is 107 cm³/mol. The third kappa shape index (κ3) is 3.82. The van der Waals surface area contributed by atoms with Gasteiger partial charge in [0, 0.05) is 36.4 Å². The average molecular weight is 402 g/mol. The fourth-order valence-corrected chi connectivity index (χ4v) is 3.33. The van der Waals surface area contributed by atoms with E-state index in [9.17, 15) is 0 Å². The molecule has 28 heavy (non-hydrogen) atoms. The van der Waals surface area contributed by atoms with E-state index in [-0.39, 0.29) is 12.2 Å². The quantitative estimate of drug-likeness (QED) is 0.672. The number of hydrogen-bond acceptors (Lipinski definition) is 7. The van der Waals surface area contributed by atoms with Crippen LogP contribution in [0, 0.1) is 0 Å². The summed E-state index contributed by atoms with van der Waals surface area (Å²) in [4.78, 5) is 8.74. The number of nitrogens with one attached hydrogen (secondary N) is 1. The van der Waals surface area contributed by atoms with Gasteiger partial charge in [0.2, 0.25) is 0 Å². The van der Waals surface area contributed by atoms with Crippen molar-refractivity contribution in [3.05, 3.63) is 47.7 Å². The highest BCUT2D eigenvalue weighted by atomic mass is 35.5. The molecule has 2 aromatic carbocycles. The zero-order valence-corrected chi connectivity index (χ0v) is 16.3. The minimum atomic E-state index is -0.274. The summed E-state index contributed by atoms with van der Waals surface area (Å²) in [6.07, 6.45) is 0.968. The minimum Gasteiger partial charge on any atom is -0.480 e. The molecular formula is C20H20ClN3O4. The van der Waals surface area contributed by atoms with Gasteiger partial charge in [-0.1, -0.05) is 17.7 Å². The molecule has 2 atom stereocenters. The first-order valence-electron chi connectivity index (χ1n) is 8.80. The average Bonchev–Trinajstić information content (AvgIpc) is 2.68. The molecular weight excluding hydrogens is 382 g/mol. The molecule has 0 saturated heterocycles. The van der Waals surface area contributed by atoms with E-state index in [0.717, 1.165) is 16.6 Å². The van der Waals surface area contributed by atoms with Crippen LogP contribution >= 0.6 is 11.6 Å². The number of rotatable bonds is 6. The highest BCUT2D eigenvalue weighted by Gasteiger charge is 2.32. The van der Waals surface area contributed by atoms with E-state index in [1.165, 1.54) is 6.33 Å². The Morgan fingerprint density at radius 1 is 1.00 bits per heavy atom. The molecule has 1 N–H and O–H groups in total. The maximum Gasteiger partial charge on any atom is 0.164 e. The van der Waals surface area contributed by atoms with Gasteiger partial charge in [-0.15, -0.1) is 0 Å². The number of methoxy groups -OCH3 is 2. The van der Waals surface area contributed by atoms with Crippen LogP contribution in [0.1, 0.15) is 0 Å². The summed E-state index contributed by atoms with van der Waals surface area (Å²) in [6.45, 7) is 0.793. The summed E-state index contributed by atoms with van der Waals surface area (Å²) >= 11 is 6.08. The fraction of sp³-hybridized carbons (Fsp3) is 0.300. The number of aromatic nitrogens is 2. The zero-order valence-electron chi connectivity index (χ0n) is 15.5. The van der Waals surface area contributed by atoms with Crippen LogP contribution in [-0.4, -0.2) is 49.6 Å². The van der Waals surface area contributed by atoms with Crippen LogP contribution in [0.2, 0.25) is 5.02 Å². The number of ether oxygens (including phenoxy) is 4. The lowest BCUT2D eigenvalue weighted by Gasteiger charge is -2.33. The van der Waals surface area contributed by atoms with Crippen molar-refractivity contribution in [2.45, 2.75) is 12.2 Å². The second-order valence-corrected chi connectivity index (χ2v) is 6.83. The predicted octanol–water partition coefficient (Wildman–Crippen LogP) is 3.83. The summed E-state index contributed by atoms with van der Waals surface area (Å²) in [5.41, 5.74) is 1.57. The van der Waals surface area contributed by atoms with Crippen molar-refractivity contribution in [1.29, 1.82) is 0 Å². The Bertz CT molecular complexity index is 985. The Labute approximate surface area is 167 Å². The lowest BCUT2D eigenvalue weighted by Crippen LogP contribution is -2.45. The molecule has 0 saturated carbocycles. The third-order valence-electron chi connectivity index (χ3n) is 4.42. The van der Waals surface area contributed by atoms with Gasteiger partial charge < -0.3 is 24.3 Å². The van der Waals surface area contributed by atoms with Crippen LogP contribution in [0.15, 0.2) is 42.7 Å². The molecule has 0 fully saturated rings. The monoisotopic (exact) mass is 401 g/mol. The first kappa shape index (κ1) is 18.7. The molecule has 0 bridgehead atoms. The zero-order chi connectivity index (χ0) is 19.5. The molecule has 146 valence electrons. The number of hydrogen-bond donors (Lipinski definition) is 1. The molecule has 0 radical (unpaired) electrons. The fourth-order valence-electron chi connectivity index (χ4n) is 3.14. The van der Waals surface area contributed by atoms with Crippen LogP contribution in [0.5, 0.6) is 11.5 Å². The molecule has 3 aromatic rings. The summed E-state index contributed by atoms with van der Waals surface area (Å²) in [5.74, 6) is 1.89. The molecule has 8 heteroatoms. The Balaban J connectivity index is 1.71. The molecule has 2 unspecified atom stereocenters. The van der Waals surface area contributed by atoms with Gasteiger partial charge in [-0.05, 0) is 24.3 Å². The first-order chi connectivity index (χ1) is 13.7. The van der Waals surface area contributed by atoms with Gasteiger partial charge in [0.15, 0.2) is 23.7 Å². The highest BCUT2D eigenvalue weighted by molar-refractivity contribution is 6.30. The lowest BCUT2D eigenvalue weighted by atomic mass is 10.1. The molecule has 0 spiro atoms. The van der Waals surface area contributed by atoms with Crippen molar-refractivity contribution in [3.63, 3.8) is 0 Å². The molecule has 1 aromatic heterocycles. The molecule has 0 aliphatic carbocycles. The van der Waals surface area contributed by atoms with Crippen molar-refractivity contribution < 1.29 is 18.9 Å². The summed E-state index contributed by atoms with van der Waals surface area (Å²) < 4.78 is 22.7. The van der Waals surface area contributed by atoms with Gasteiger partial charge in [-0.25, -0.2) is 9.97 Å². The van der Waals surface area contributed by atoms with E-state index < -0.39 is 0 Å². The van der Waals surface area contributed by atoms with E-state index in [2.05, 4.69) is 15.3 Å². The summed E-state index contributed by atoms with van der Waals surface area (Å²) in [6, 6.07) is 11.2. The van der Waals surface area contributed by atoms with Crippen LogP contribution in [0.25, 0.3) is 10.9 Å². The van der Waals surface area contributed by atoms with Gasteiger partial charge >= 0.3 is 0 Å². The van der Waals surface area contributed by atoms with Crippen LogP contribution in [0.3, 0.4) is 0 Å². The second-order valence-electron chi connectivity index (χ2n) is 6.40. The maximum atomic E-state index is 6.14. The SMILES string of the molecule is COCC1Oc2cc3ncnc(Nc4cccc(Cl)c4)c3cc2OC1COC. The van der Waals surface area contributed by atoms with Crippen molar-refractivity contribution in [2.75, 3.05) is 32.8 Å². The van der Waals surface area contributed by atoms with Gasteiger partial charge in [-0.2, -0.15) is 0 Å². The maximum absolute atomic E-state index is 6.14. The molecule has 4 rings (SSSR count). The van der Waals surface area contributed by atoms with E-state index in [1.807, 2.05) is 36.4 Å². The third-order valence-corrected chi connectivity index (χ3v) is 4.66. The molecule has 0 amide bonds. The highest BCUT2D eigenvalue weighted by Crippen LogP contribution is 2.39. The summed E-state index contributed by atoms with van der Waals surface area (Å²) in [5, 5.41) is 4.74. The minimum absolute atomic E-state index is 0.263. The topological polar surface area (TPSA) is 74.7 Å². The van der Waals surface area contributed by atoms with Crippen LogP contribution in [-0.2, 0) is 9.47 Å². The first-order valence-corrected chi connectivity index (χ1v) is 9.18. The Morgan fingerprint density at radius 2 is 1.71 bits per heavy atom. The smallest absolute Gasteiger partial charge is 0.164 e. The second kappa shape index (κ2) is 8.18.